The summed E-state index contributed by atoms with van der Waals surface area (Å²) < 4.78 is 34.9. The van der Waals surface area contributed by atoms with Crippen molar-refractivity contribution in [3.05, 3.63) is 95.8 Å². The predicted octanol–water partition coefficient (Wildman–Crippen LogP) is 4.59. The fraction of sp³-hybridized carbons (Fsp3) is 0.0435. The van der Waals surface area contributed by atoms with Crippen molar-refractivity contribution in [1.29, 1.82) is 0 Å². The minimum Gasteiger partial charge on any atom is -0.493 e. The Morgan fingerprint density at radius 1 is 1.00 bits per heavy atom. The second-order valence-electron chi connectivity index (χ2n) is 6.89. The summed E-state index contributed by atoms with van der Waals surface area (Å²) in [7, 11) is -2.49. The van der Waals surface area contributed by atoms with Crippen molar-refractivity contribution in [2.24, 2.45) is 0 Å². The summed E-state index contributed by atoms with van der Waals surface area (Å²) in [6, 6.07) is 21.6. The molecule has 1 heterocycles. The molecular formula is C23H19ClN4O4S. The number of nitrogens with one attached hydrogen (secondary N) is 2. The Hall–Kier alpha value is -3.82. The minimum atomic E-state index is -3.93. The molecule has 0 aliphatic rings. The Morgan fingerprint density at radius 2 is 1.73 bits per heavy atom. The number of carbonyl (C=O) groups excluding carboxylic acids is 1. The lowest BCUT2D eigenvalue weighted by Gasteiger charge is -2.11. The highest BCUT2D eigenvalue weighted by molar-refractivity contribution is 7.92. The quantitative estimate of drug-likeness (QED) is 0.401. The van der Waals surface area contributed by atoms with Gasteiger partial charge in [-0.3, -0.25) is 9.52 Å². The summed E-state index contributed by atoms with van der Waals surface area (Å²) in [5, 5.41) is 7.26. The van der Waals surface area contributed by atoms with E-state index in [1.165, 1.54) is 30.0 Å². The Morgan fingerprint density at radius 3 is 2.45 bits per heavy atom. The molecule has 0 saturated heterocycles. The maximum Gasteiger partial charge on any atom is 0.280 e. The SMILES string of the molecule is COc1cn(-c2ccccc2)nc1C(=O)Nc1cccc(S(=O)(=O)Nc2ccccc2Cl)c1. The highest BCUT2D eigenvalue weighted by atomic mass is 35.5. The van der Waals surface area contributed by atoms with Gasteiger partial charge in [0.1, 0.15) is 0 Å². The molecular weight excluding hydrogens is 464 g/mol. The number of sulfonamides is 1. The van der Waals surface area contributed by atoms with Crippen LogP contribution in [0.25, 0.3) is 5.69 Å². The number of benzene rings is 3. The maximum atomic E-state index is 12.9. The molecule has 33 heavy (non-hydrogen) atoms. The zero-order chi connectivity index (χ0) is 23.4. The summed E-state index contributed by atoms with van der Waals surface area (Å²) in [6.45, 7) is 0. The summed E-state index contributed by atoms with van der Waals surface area (Å²) in [5.74, 6) is -0.268. The number of anilines is 2. The number of hydrogen-bond acceptors (Lipinski definition) is 5. The van der Waals surface area contributed by atoms with Gasteiger partial charge in [0.15, 0.2) is 11.4 Å². The number of carbonyl (C=O) groups is 1. The largest absolute Gasteiger partial charge is 0.493 e. The van der Waals surface area contributed by atoms with E-state index in [-0.39, 0.29) is 32.7 Å². The van der Waals surface area contributed by atoms with E-state index in [9.17, 15) is 13.2 Å². The third-order valence-corrected chi connectivity index (χ3v) is 6.35. The standard InChI is InChI=1S/C23H19ClN4O4S/c1-32-21-15-28(17-9-3-2-4-10-17)26-22(21)23(29)25-16-8-7-11-18(14-16)33(30,31)27-20-13-6-5-12-19(20)24/h2-15,27H,1H3,(H,25,29). The van der Waals surface area contributed by atoms with Crippen LogP contribution in [0.4, 0.5) is 11.4 Å². The van der Waals surface area contributed by atoms with Crippen LogP contribution in [-0.2, 0) is 10.0 Å². The van der Waals surface area contributed by atoms with Gasteiger partial charge in [-0.25, -0.2) is 13.1 Å². The van der Waals surface area contributed by atoms with Crippen molar-refractivity contribution < 1.29 is 17.9 Å². The molecule has 0 fully saturated rings. The van der Waals surface area contributed by atoms with Gasteiger partial charge in [0.05, 0.1) is 34.6 Å². The molecule has 2 N–H and O–H groups in total. The van der Waals surface area contributed by atoms with Crippen LogP contribution in [0, 0.1) is 0 Å². The fourth-order valence-electron chi connectivity index (χ4n) is 3.06. The molecule has 1 aromatic heterocycles. The lowest BCUT2D eigenvalue weighted by molar-refractivity contribution is 0.101. The van der Waals surface area contributed by atoms with Crippen LogP contribution < -0.4 is 14.8 Å². The van der Waals surface area contributed by atoms with Crippen LogP contribution in [0.15, 0.2) is 90.0 Å². The van der Waals surface area contributed by atoms with E-state index < -0.39 is 15.9 Å². The third-order valence-electron chi connectivity index (χ3n) is 4.66. The van der Waals surface area contributed by atoms with Gasteiger partial charge in [0, 0.05) is 5.69 Å². The molecule has 0 aliphatic heterocycles. The zero-order valence-electron chi connectivity index (χ0n) is 17.4. The van der Waals surface area contributed by atoms with Crippen LogP contribution in [-0.4, -0.2) is 31.2 Å². The van der Waals surface area contributed by atoms with Gasteiger partial charge in [-0.15, -0.1) is 0 Å². The van der Waals surface area contributed by atoms with Gasteiger partial charge in [-0.2, -0.15) is 5.10 Å². The van der Waals surface area contributed by atoms with Crippen molar-refractivity contribution in [2.75, 3.05) is 17.1 Å². The van der Waals surface area contributed by atoms with E-state index in [1.807, 2.05) is 30.3 Å². The van der Waals surface area contributed by atoms with Gasteiger partial charge in [-0.1, -0.05) is 48.0 Å². The Labute approximate surface area is 195 Å². The average Bonchev–Trinajstić information content (AvgIpc) is 3.26. The number of hydrogen-bond donors (Lipinski definition) is 2. The van der Waals surface area contributed by atoms with Crippen LogP contribution in [0.2, 0.25) is 5.02 Å². The summed E-state index contributed by atoms with van der Waals surface area (Å²) in [4.78, 5) is 12.8. The number of ether oxygens (including phenoxy) is 1. The van der Waals surface area contributed by atoms with Gasteiger partial charge >= 0.3 is 0 Å². The molecule has 0 atom stereocenters. The molecule has 10 heteroatoms. The van der Waals surface area contributed by atoms with Crippen LogP contribution >= 0.6 is 11.6 Å². The number of methoxy groups -OCH3 is 1. The van der Waals surface area contributed by atoms with Crippen molar-refractivity contribution in [2.45, 2.75) is 4.90 Å². The summed E-state index contributed by atoms with van der Waals surface area (Å²) >= 11 is 6.06. The number of para-hydroxylation sites is 2. The highest BCUT2D eigenvalue weighted by Crippen LogP contribution is 2.26. The molecule has 0 saturated carbocycles. The molecule has 0 spiro atoms. The Bertz CT molecular complexity index is 1410. The molecule has 168 valence electrons. The molecule has 0 bridgehead atoms. The number of halogens is 1. The number of amides is 1. The second kappa shape index (κ2) is 9.35. The van der Waals surface area contributed by atoms with E-state index in [4.69, 9.17) is 16.3 Å². The first-order valence-corrected chi connectivity index (χ1v) is 11.6. The zero-order valence-corrected chi connectivity index (χ0v) is 19.0. The van der Waals surface area contributed by atoms with Gasteiger partial charge in [0.25, 0.3) is 15.9 Å². The minimum absolute atomic E-state index is 0.0398. The average molecular weight is 483 g/mol. The van der Waals surface area contributed by atoms with Crippen molar-refractivity contribution in [3.63, 3.8) is 0 Å². The van der Waals surface area contributed by atoms with Crippen LogP contribution in [0.3, 0.4) is 0 Å². The normalized spacial score (nSPS) is 11.1. The smallest absolute Gasteiger partial charge is 0.280 e. The lowest BCUT2D eigenvalue weighted by Crippen LogP contribution is -2.16. The molecule has 4 aromatic rings. The molecule has 0 unspecified atom stereocenters. The molecule has 1 amide bonds. The van der Waals surface area contributed by atoms with Crippen molar-refractivity contribution in [3.8, 4) is 11.4 Å². The summed E-state index contributed by atoms with van der Waals surface area (Å²) in [5.41, 5.74) is 1.35. The van der Waals surface area contributed by atoms with Gasteiger partial charge < -0.3 is 10.1 Å². The topological polar surface area (TPSA) is 102 Å². The molecule has 0 radical (unpaired) electrons. The maximum absolute atomic E-state index is 12.9. The van der Waals surface area contributed by atoms with E-state index in [0.29, 0.717) is 0 Å². The molecule has 4 rings (SSSR count). The van der Waals surface area contributed by atoms with Gasteiger partial charge in [0.2, 0.25) is 0 Å². The highest BCUT2D eigenvalue weighted by Gasteiger charge is 2.20. The summed E-state index contributed by atoms with van der Waals surface area (Å²) in [6.07, 6.45) is 1.60. The Balaban J connectivity index is 1.57. The van der Waals surface area contributed by atoms with Gasteiger partial charge in [-0.05, 0) is 42.5 Å². The number of aromatic nitrogens is 2. The number of nitrogens with zero attached hydrogens (tertiary/aromatic N) is 2. The number of rotatable bonds is 7. The van der Waals surface area contributed by atoms with Crippen molar-refractivity contribution in [1.82, 2.24) is 9.78 Å². The monoisotopic (exact) mass is 482 g/mol. The lowest BCUT2D eigenvalue weighted by atomic mass is 10.3. The predicted molar refractivity (Wildman–Crippen MR) is 127 cm³/mol. The first-order chi connectivity index (χ1) is 15.9. The molecule has 3 aromatic carbocycles. The van der Waals surface area contributed by atoms with E-state index >= 15 is 0 Å². The first kappa shape index (κ1) is 22.4. The van der Waals surface area contributed by atoms with Crippen molar-refractivity contribution >= 4 is 38.9 Å². The van der Waals surface area contributed by atoms with E-state index in [2.05, 4.69) is 15.1 Å². The Kier molecular flexibility index (Phi) is 6.34. The second-order valence-corrected chi connectivity index (χ2v) is 8.98. The molecule has 8 nitrogen and oxygen atoms in total. The molecule has 0 aliphatic carbocycles. The fourth-order valence-corrected chi connectivity index (χ4v) is 4.42. The van der Waals surface area contributed by atoms with E-state index in [0.717, 1.165) is 5.69 Å². The first-order valence-electron chi connectivity index (χ1n) is 9.75. The van der Waals surface area contributed by atoms with Crippen LogP contribution in [0.5, 0.6) is 5.75 Å². The van der Waals surface area contributed by atoms with E-state index in [1.54, 1.807) is 36.5 Å². The van der Waals surface area contributed by atoms with Crippen LogP contribution in [0.1, 0.15) is 10.5 Å². The third kappa shape index (κ3) is 5.00.